The van der Waals surface area contributed by atoms with E-state index in [4.69, 9.17) is 5.73 Å². The number of fused-ring (bicyclic) bond motifs is 2. The largest absolute Gasteiger partial charge is 0.328 e. The van der Waals surface area contributed by atoms with Gasteiger partial charge in [0.25, 0.3) is 0 Å². The molecule has 2 fully saturated rings. The third-order valence-electron chi connectivity index (χ3n) is 4.22. The van der Waals surface area contributed by atoms with Crippen molar-refractivity contribution in [2.75, 3.05) is 0 Å². The summed E-state index contributed by atoms with van der Waals surface area (Å²) in [5, 5.41) is 2.21. The number of aryl methyl sites for hydroxylation is 1. The Hall–Kier alpha value is -0.380. The van der Waals surface area contributed by atoms with Crippen LogP contribution in [0.3, 0.4) is 0 Å². The van der Waals surface area contributed by atoms with Crippen LogP contribution in [0.4, 0.5) is 0 Å². The Balaban J connectivity index is 1.75. The predicted molar refractivity (Wildman–Crippen MR) is 68.6 cm³/mol. The molecule has 2 unspecified atom stereocenters. The fourth-order valence-corrected chi connectivity index (χ4v) is 4.22. The van der Waals surface area contributed by atoms with Gasteiger partial charge in [0.05, 0.1) is 0 Å². The Morgan fingerprint density at radius 3 is 2.62 bits per heavy atom. The van der Waals surface area contributed by atoms with Gasteiger partial charge in [-0.2, -0.15) is 0 Å². The molecule has 0 saturated carbocycles. The molecule has 1 aromatic rings. The van der Waals surface area contributed by atoms with Gasteiger partial charge in [-0.3, -0.25) is 4.90 Å². The van der Waals surface area contributed by atoms with Crippen molar-refractivity contribution in [3.05, 3.63) is 21.9 Å². The van der Waals surface area contributed by atoms with Crippen LogP contribution in [0.1, 0.15) is 36.1 Å². The molecular formula is C13H20N2S. The summed E-state index contributed by atoms with van der Waals surface area (Å²) in [6.45, 7) is 3.38. The van der Waals surface area contributed by atoms with Crippen molar-refractivity contribution in [1.82, 2.24) is 4.90 Å². The fourth-order valence-electron chi connectivity index (χ4n) is 3.31. The summed E-state index contributed by atoms with van der Waals surface area (Å²) in [4.78, 5) is 4.26. The number of hydrogen-bond donors (Lipinski definition) is 1. The topological polar surface area (TPSA) is 29.3 Å². The number of hydrogen-bond acceptors (Lipinski definition) is 3. The highest BCUT2D eigenvalue weighted by molar-refractivity contribution is 7.10. The lowest BCUT2D eigenvalue weighted by Gasteiger charge is -2.37. The first-order chi connectivity index (χ1) is 7.74. The van der Waals surface area contributed by atoms with E-state index in [0.29, 0.717) is 6.04 Å². The zero-order chi connectivity index (χ0) is 11.1. The van der Waals surface area contributed by atoms with Gasteiger partial charge in [-0.15, -0.1) is 11.3 Å². The standard InChI is InChI=1S/C13H20N2S/c1-9-4-5-16-13(9)8-15-11-2-3-12(15)7-10(14)6-11/h4-5,10-12H,2-3,6-8,14H2,1H3. The van der Waals surface area contributed by atoms with Gasteiger partial charge in [0.1, 0.15) is 0 Å². The number of nitrogens with two attached hydrogens (primary N) is 1. The molecule has 2 saturated heterocycles. The second-order valence-electron chi connectivity index (χ2n) is 5.32. The van der Waals surface area contributed by atoms with Gasteiger partial charge < -0.3 is 5.73 Å². The van der Waals surface area contributed by atoms with E-state index in [1.165, 1.54) is 31.2 Å². The minimum atomic E-state index is 0.457. The van der Waals surface area contributed by atoms with Crippen molar-refractivity contribution >= 4 is 11.3 Å². The molecule has 88 valence electrons. The molecule has 0 aromatic carbocycles. The van der Waals surface area contributed by atoms with Gasteiger partial charge in [0.15, 0.2) is 0 Å². The van der Waals surface area contributed by atoms with Crippen molar-refractivity contribution in [2.45, 2.75) is 57.3 Å². The van der Waals surface area contributed by atoms with Crippen LogP contribution in [0, 0.1) is 6.92 Å². The van der Waals surface area contributed by atoms with E-state index in [9.17, 15) is 0 Å². The van der Waals surface area contributed by atoms with Crippen LogP contribution in [0.15, 0.2) is 11.4 Å². The molecule has 0 aliphatic carbocycles. The van der Waals surface area contributed by atoms with E-state index in [1.807, 2.05) is 11.3 Å². The molecule has 3 heteroatoms. The highest BCUT2D eigenvalue weighted by atomic mass is 32.1. The molecule has 3 heterocycles. The van der Waals surface area contributed by atoms with Crippen LogP contribution < -0.4 is 5.73 Å². The number of thiophene rings is 1. The van der Waals surface area contributed by atoms with E-state index in [2.05, 4.69) is 23.3 Å². The number of piperidine rings is 1. The molecule has 2 N–H and O–H groups in total. The average molecular weight is 236 g/mol. The Labute approximate surface area is 101 Å². The predicted octanol–water partition coefficient (Wildman–Crippen LogP) is 2.51. The molecule has 0 spiro atoms. The average Bonchev–Trinajstić information content (AvgIpc) is 2.73. The maximum Gasteiger partial charge on any atom is 0.0336 e. The zero-order valence-electron chi connectivity index (χ0n) is 9.86. The van der Waals surface area contributed by atoms with E-state index in [1.54, 1.807) is 4.88 Å². The molecule has 0 radical (unpaired) electrons. The summed E-state index contributed by atoms with van der Waals surface area (Å²) in [5.74, 6) is 0. The van der Waals surface area contributed by atoms with Crippen LogP contribution in [-0.4, -0.2) is 23.0 Å². The quantitative estimate of drug-likeness (QED) is 0.855. The first kappa shape index (κ1) is 10.8. The lowest BCUT2D eigenvalue weighted by atomic mass is 9.98. The van der Waals surface area contributed by atoms with Crippen molar-refractivity contribution in [2.24, 2.45) is 5.73 Å². The monoisotopic (exact) mass is 236 g/mol. The van der Waals surface area contributed by atoms with Crippen molar-refractivity contribution in [3.8, 4) is 0 Å². The van der Waals surface area contributed by atoms with Crippen LogP contribution in [-0.2, 0) is 6.54 Å². The van der Waals surface area contributed by atoms with Crippen LogP contribution in [0.2, 0.25) is 0 Å². The third kappa shape index (κ3) is 1.81. The summed E-state index contributed by atoms with van der Waals surface area (Å²) in [7, 11) is 0. The summed E-state index contributed by atoms with van der Waals surface area (Å²) < 4.78 is 0. The van der Waals surface area contributed by atoms with Gasteiger partial charge in [0.2, 0.25) is 0 Å². The number of rotatable bonds is 2. The Morgan fingerprint density at radius 2 is 2.06 bits per heavy atom. The first-order valence-corrected chi connectivity index (χ1v) is 7.16. The molecule has 2 atom stereocenters. The van der Waals surface area contributed by atoms with Crippen molar-refractivity contribution in [3.63, 3.8) is 0 Å². The Kier molecular flexibility index (Phi) is 2.78. The van der Waals surface area contributed by atoms with Gasteiger partial charge in [-0.25, -0.2) is 0 Å². The second-order valence-corrected chi connectivity index (χ2v) is 6.32. The molecule has 3 rings (SSSR count). The smallest absolute Gasteiger partial charge is 0.0336 e. The van der Waals surface area contributed by atoms with Crippen LogP contribution in [0.5, 0.6) is 0 Å². The number of nitrogens with zero attached hydrogens (tertiary/aromatic N) is 1. The summed E-state index contributed by atoms with van der Waals surface area (Å²) >= 11 is 1.90. The van der Waals surface area contributed by atoms with Gasteiger partial charge >= 0.3 is 0 Å². The molecule has 2 aliphatic heterocycles. The molecule has 16 heavy (non-hydrogen) atoms. The van der Waals surface area contributed by atoms with E-state index in [0.717, 1.165) is 18.6 Å². The van der Waals surface area contributed by atoms with E-state index < -0.39 is 0 Å². The van der Waals surface area contributed by atoms with E-state index >= 15 is 0 Å². The summed E-state index contributed by atoms with van der Waals surface area (Å²) in [6, 6.07) is 4.21. The molecule has 1 aromatic heterocycles. The molecular weight excluding hydrogens is 216 g/mol. The first-order valence-electron chi connectivity index (χ1n) is 6.28. The van der Waals surface area contributed by atoms with Crippen molar-refractivity contribution in [1.29, 1.82) is 0 Å². The minimum absolute atomic E-state index is 0.457. The second kappa shape index (κ2) is 4.13. The van der Waals surface area contributed by atoms with Gasteiger partial charge in [-0.1, -0.05) is 0 Å². The third-order valence-corrected chi connectivity index (χ3v) is 5.22. The Bertz CT molecular complexity index is 360. The summed E-state index contributed by atoms with van der Waals surface area (Å²) in [5.41, 5.74) is 7.55. The lowest BCUT2D eigenvalue weighted by molar-refractivity contribution is 0.121. The zero-order valence-corrected chi connectivity index (χ0v) is 10.7. The fraction of sp³-hybridized carbons (Fsp3) is 0.692. The molecule has 2 aliphatic rings. The SMILES string of the molecule is Cc1ccsc1CN1C2CCC1CC(N)C2. The molecule has 2 bridgehead atoms. The maximum absolute atomic E-state index is 6.10. The summed E-state index contributed by atoms with van der Waals surface area (Å²) in [6.07, 6.45) is 5.15. The lowest BCUT2D eigenvalue weighted by Crippen LogP contribution is -2.46. The highest BCUT2D eigenvalue weighted by Crippen LogP contribution is 2.37. The van der Waals surface area contributed by atoms with E-state index in [-0.39, 0.29) is 0 Å². The highest BCUT2D eigenvalue weighted by Gasteiger charge is 2.39. The van der Waals surface area contributed by atoms with Crippen LogP contribution >= 0.6 is 11.3 Å². The molecule has 2 nitrogen and oxygen atoms in total. The van der Waals surface area contributed by atoms with Crippen molar-refractivity contribution < 1.29 is 0 Å². The maximum atomic E-state index is 6.10. The van der Waals surface area contributed by atoms with Gasteiger partial charge in [-0.05, 0) is 49.6 Å². The minimum Gasteiger partial charge on any atom is -0.328 e. The molecule has 0 amide bonds. The Morgan fingerprint density at radius 1 is 1.38 bits per heavy atom. The van der Waals surface area contributed by atoms with Gasteiger partial charge in [0, 0.05) is 29.5 Å². The van der Waals surface area contributed by atoms with Crippen LogP contribution in [0.25, 0.3) is 0 Å². The normalized spacial score (nSPS) is 34.5.